The SMILES string of the molecule is CS(=O)c1nc2ncccc2[nH]1. The number of aromatic amines is 1. The second-order valence-corrected chi connectivity index (χ2v) is 3.67. The van der Waals surface area contributed by atoms with Crippen LogP contribution in [0.5, 0.6) is 0 Å². The average Bonchev–Trinajstić information content (AvgIpc) is 2.46. The van der Waals surface area contributed by atoms with Gasteiger partial charge in [-0.3, -0.25) is 4.21 Å². The van der Waals surface area contributed by atoms with Gasteiger partial charge in [-0.25, -0.2) is 9.97 Å². The first-order valence-electron chi connectivity index (χ1n) is 3.41. The lowest BCUT2D eigenvalue weighted by atomic mass is 10.4. The number of pyridine rings is 1. The molecule has 1 unspecified atom stereocenters. The summed E-state index contributed by atoms with van der Waals surface area (Å²) in [5.41, 5.74) is 1.44. The predicted molar refractivity (Wildman–Crippen MR) is 46.2 cm³/mol. The monoisotopic (exact) mass is 181 g/mol. The molecule has 0 aromatic carbocycles. The Morgan fingerprint density at radius 1 is 1.58 bits per heavy atom. The summed E-state index contributed by atoms with van der Waals surface area (Å²) >= 11 is 0. The van der Waals surface area contributed by atoms with Crippen molar-refractivity contribution < 1.29 is 4.21 Å². The molecule has 62 valence electrons. The highest BCUT2D eigenvalue weighted by atomic mass is 32.2. The van der Waals surface area contributed by atoms with Crippen LogP contribution in [0.15, 0.2) is 23.5 Å². The zero-order chi connectivity index (χ0) is 8.55. The molecule has 2 aromatic heterocycles. The highest BCUT2D eigenvalue weighted by molar-refractivity contribution is 7.84. The van der Waals surface area contributed by atoms with E-state index in [2.05, 4.69) is 15.0 Å². The number of rotatable bonds is 1. The summed E-state index contributed by atoms with van der Waals surface area (Å²) in [4.78, 5) is 11.0. The number of nitrogens with zero attached hydrogens (tertiary/aromatic N) is 2. The van der Waals surface area contributed by atoms with Gasteiger partial charge in [0.15, 0.2) is 10.8 Å². The lowest BCUT2D eigenvalue weighted by Crippen LogP contribution is -1.88. The molecular formula is C7H7N3OS. The van der Waals surface area contributed by atoms with Gasteiger partial charge in [0.05, 0.1) is 16.3 Å². The quantitative estimate of drug-likeness (QED) is 0.704. The fraction of sp³-hybridized carbons (Fsp3) is 0.143. The molecule has 2 aromatic rings. The van der Waals surface area contributed by atoms with Crippen LogP contribution < -0.4 is 0 Å². The van der Waals surface area contributed by atoms with Crippen molar-refractivity contribution in [2.75, 3.05) is 6.26 Å². The fourth-order valence-electron chi connectivity index (χ4n) is 0.959. The molecule has 0 amide bonds. The van der Waals surface area contributed by atoms with Gasteiger partial charge < -0.3 is 4.98 Å². The van der Waals surface area contributed by atoms with Crippen LogP contribution in [-0.2, 0) is 10.8 Å². The zero-order valence-electron chi connectivity index (χ0n) is 6.44. The third kappa shape index (κ3) is 1.12. The van der Waals surface area contributed by atoms with Crippen molar-refractivity contribution in [3.05, 3.63) is 18.3 Å². The topological polar surface area (TPSA) is 58.6 Å². The molecule has 0 fully saturated rings. The van der Waals surface area contributed by atoms with E-state index in [1.54, 1.807) is 12.5 Å². The number of H-pyrrole nitrogens is 1. The maximum absolute atomic E-state index is 11.0. The number of fused-ring (bicyclic) bond motifs is 1. The van der Waals surface area contributed by atoms with Gasteiger partial charge in [0, 0.05) is 12.5 Å². The van der Waals surface area contributed by atoms with Gasteiger partial charge in [0.2, 0.25) is 0 Å². The largest absolute Gasteiger partial charge is 0.329 e. The van der Waals surface area contributed by atoms with Gasteiger partial charge in [-0.2, -0.15) is 0 Å². The molecule has 0 aliphatic rings. The first kappa shape index (κ1) is 7.42. The summed E-state index contributed by atoms with van der Waals surface area (Å²) in [6, 6.07) is 3.66. The van der Waals surface area contributed by atoms with Gasteiger partial charge in [-0.05, 0) is 12.1 Å². The van der Waals surface area contributed by atoms with Crippen molar-refractivity contribution >= 4 is 22.0 Å². The van der Waals surface area contributed by atoms with Crippen LogP contribution in [0.2, 0.25) is 0 Å². The number of nitrogens with one attached hydrogen (secondary N) is 1. The summed E-state index contributed by atoms with van der Waals surface area (Å²) in [5.74, 6) is 0. The van der Waals surface area contributed by atoms with Crippen LogP contribution in [0.1, 0.15) is 0 Å². The third-order valence-electron chi connectivity index (χ3n) is 1.51. The van der Waals surface area contributed by atoms with Crippen molar-refractivity contribution in [2.45, 2.75) is 5.16 Å². The first-order chi connectivity index (χ1) is 5.77. The number of hydrogen-bond acceptors (Lipinski definition) is 3. The summed E-state index contributed by atoms with van der Waals surface area (Å²) in [6.07, 6.45) is 3.24. The number of aromatic nitrogens is 3. The van der Waals surface area contributed by atoms with E-state index >= 15 is 0 Å². The van der Waals surface area contributed by atoms with E-state index in [4.69, 9.17) is 0 Å². The van der Waals surface area contributed by atoms with Crippen molar-refractivity contribution in [3.63, 3.8) is 0 Å². The summed E-state index contributed by atoms with van der Waals surface area (Å²) in [5, 5.41) is 0.476. The Labute approximate surface area is 71.5 Å². The van der Waals surface area contributed by atoms with Crippen molar-refractivity contribution in [2.24, 2.45) is 0 Å². The number of imidazole rings is 1. The molecule has 1 N–H and O–H groups in total. The van der Waals surface area contributed by atoms with Crippen LogP contribution in [-0.4, -0.2) is 25.4 Å². The van der Waals surface area contributed by atoms with Gasteiger partial charge in [-0.15, -0.1) is 0 Å². The van der Waals surface area contributed by atoms with Crippen LogP contribution in [0, 0.1) is 0 Å². The molecule has 4 nitrogen and oxygen atoms in total. The normalized spacial score (nSPS) is 13.4. The molecule has 0 aliphatic heterocycles. The van der Waals surface area contributed by atoms with Crippen LogP contribution in [0.4, 0.5) is 0 Å². The van der Waals surface area contributed by atoms with E-state index < -0.39 is 10.8 Å². The minimum Gasteiger partial charge on any atom is -0.329 e. The van der Waals surface area contributed by atoms with Crippen molar-refractivity contribution in [3.8, 4) is 0 Å². The maximum Gasteiger partial charge on any atom is 0.198 e. The van der Waals surface area contributed by atoms with E-state index in [0.717, 1.165) is 5.52 Å². The summed E-state index contributed by atoms with van der Waals surface area (Å²) in [6.45, 7) is 0. The average molecular weight is 181 g/mol. The highest BCUT2D eigenvalue weighted by Crippen LogP contribution is 2.08. The molecule has 0 saturated carbocycles. The smallest absolute Gasteiger partial charge is 0.198 e. The molecule has 0 aliphatic carbocycles. The summed E-state index contributed by atoms with van der Waals surface area (Å²) < 4.78 is 11.0. The van der Waals surface area contributed by atoms with E-state index in [9.17, 15) is 4.21 Å². The Hall–Kier alpha value is -1.23. The first-order valence-corrected chi connectivity index (χ1v) is 4.97. The lowest BCUT2D eigenvalue weighted by Gasteiger charge is -1.82. The standard InChI is InChI=1S/C7H7N3OS/c1-12(11)7-9-5-3-2-4-8-6(5)10-7/h2-4H,1H3,(H,8,9,10). The Kier molecular flexibility index (Phi) is 1.65. The second kappa shape index (κ2) is 2.67. The fourth-order valence-corrected chi connectivity index (χ4v) is 1.43. The van der Waals surface area contributed by atoms with E-state index in [-0.39, 0.29) is 0 Å². The highest BCUT2D eigenvalue weighted by Gasteiger charge is 2.04. The number of hydrogen-bond donors (Lipinski definition) is 1. The van der Waals surface area contributed by atoms with Crippen LogP contribution >= 0.6 is 0 Å². The van der Waals surface area contributed by atoms with Crippen molar-refractivity contribution in [1.29, 1.82) is 0 Å². The molecule has 2 heterocycles. The molecule has 1 atom stereocenters. The minimum atomic E-state index is -1.07. The second-order valence-electron chi connectivity index (χ2n) is 2.37. The van der Waals surface area contributed by atoms with Crippen molar-refractivity contribution in [1.82, 2.24) is 15.0 Å². The zero-order valence-corrected chi connectivity index (χ0v) is 7.26. The predicted octanol–water partition coefficient (Wildman–Crippen LogP) is 0.695. The van der Waals surface area contributed by atoms with Gasteiger partial charge in [-0.1, -0.05) is 0 Å². The molecule has 0 bridgehead atoms. The van der Waals surface area contributed by atoms with Gasteiger partial charge in [0.25, 0.3) is 0 Å². The molecule has 12 heavy (non-hydrogen) atoms. The Morgan fingerprint density at radius 2 is 2.42 bits per heavy atom. The molecular weight excluding hydrogens is 174 g/mol. The third-order valence-corrected chi connectivity index (χ3v) is 2.25. The Morgan fingerprint density at radius 3 is 3.08 bits per heavy atom. The molecule has 2 rings (SSSR count). The van der Waals surface area contributed by atoms with Gasteiger partial charge >= 0.3 is 0 Å². The molecule has 5 heteroatoms. The Bertz CT molecular complexity index is 404. The minimum absolute atomic E-state index is 0.476. The van der Waals surface area contributed by atoms with E-state index in [1.165, 1.54) is 0 Å². The lowest BCUT2D eigenvalue weighted by molar-refractivity contribution is 0.682. The van der Waals surface area contributed by atoms with Crippen LogP contribution in [0.3, 0.4) is 0 Å². The maximum atomic E-state index is 11.0. The van der Waals surface area contributed by atoms with Gasteiger partial charge in [0.1, 0.15) is 0 Å². The van der Waals surface area contributed by atoms with E-state index in [1.807, 2.05) is 12.1 Å². The molecule has 0 radical (unpaired) electrons. The molecule has 0 saturated heterocycles. The van der Waals surface area contributed by atoms with E-state index in [0.29, 0.717) is 10.8 Å². The molecule has 0 spiro atoms. The Balaban J connectivity index is 2.70. The van der Waals surface area contributed by atoms with Crippen LogP contribution in [0.25, 0.3) is 11.2 Å². The summed E-state index contributed by atoms with van der Waals surface area (Å²) in [7, 11) is -1.07.